The lowest BCUT2D eigenvalue weighted by Crippen LogP contribution is -2.59. The van der Waals surface area contributed by atoms with Crippen molar-refractivity contribution in [2.45, 2.75) is 71.2 Å². The molecule has 0 aromatic carbocycles. The smallest absolute Gasteiger partial charge is 0.333 e. The Bertz CT molecular complexity index is 559. The molecule has 0 spiro atoms. The van der Waals surface area contributed by atoms with Crippen LogP contribution in [0, 0.1) is 0 Å². The van der Waals surface area contributed by atoms with Gasteiger partial charge in [0.05, 0.1) is 24.9 Å². The molecule has 6 heteroatoms. The monoisotopic (exact) mass is 392 g/mol. The number of ether oxygens (including phenoxy) is 2. The van der Waals surface area contributed by atoms with Crippen LogP contribution in [0.2, 0.25) is 0 Å². The normalized spacial score (nSPS) is 21.9. The number of hydrogen-bond donors (Lipinski definition) is 1. The third-order valence-corrected chi connectivity index (χ3v) is 4.93. The highest BCUT2D eigenvalue weighted by molar-refractivity contribution is 5.89. The second-order valence-corrected chi connectivity index (χ2v) is 6.98. The van der Waals surface area contributed by atoms with Crippen molar-refractivity contribution in [3.05, 3.63) is 37.0 Å². The highest BCUT2D eigenvalue weighted by Crippen LogP contribution is 2.28. The molecule has 0 heterocycles. The number of nitrogens with zero attached hydrogens (tertiary/aromatic N) is 1. The van der Waals surface area contributed by atoms with Gasteiger partial charge in [-0.2, -0.15) is 0 Å². The molecule has 0 saturated carbocycles. The van der Waals surface area contributed by atoms with Gasteiger partial charge in [-0.05, 0) is 32.3 Å². The van der Waals surface area contributed by atoms with Crippen molar-refractivity contribution >= 4 is 11.9 Å². The Balaban J connectivity index is 3.34. The Hall–Kier alpha value is -1.92. The summed E-state index contributed by atoms with van der Waals surface area (Å²) in [6, 6.07) is -0.417. The van der Waals surface area contributed by atoms with Crippen LogP contribution in [-0.2, 0) is 19.1 Å². The van der Waals surface area contributed by atoms with Crippen molar-refractivity contribution in [3.63, 3.8) is 0 Å². The first-order valence-electron chi connectivity index (χ1n) is 10.2. The summed E-state index contributed by atoms with van der Waals surface area (Å²) in [5.74, 6) is -0.456. The molecule has 0 unspecified atom stereocenters. The summed E-state index contributed by atoms with van der Waals surface area (Å²) in [6.45, 7) is 16.7. The summed E-state index contributed by atoms with van der Waals surface area (Å²) in [6.07, 6.45) is 7.27. The van der Waals surface area contributed by atoms with E-state index in [2.05, 4.69) is 37.2 Å². The second kappa shape index (κ2) is 12.5. The molecule has 1 aliphatic carbocycles. The molecule has 3 atom stereocenters. The molecule has 28 heavy (non-hydrogen) atoms. The summed E-state index contributed by atoms with van der Waals surface area (Å²) in [5, 5.41) is 3.05. The quantitative estimate of drug-likeness (QED) is 0.408. The SMILES string of the molecule is C=CCN(CC=C)[C@H]1CC(C(=O)OCC)=C[C@@H](OC(CC)CC)[C@H]1NC(C)=O. The maximum Gasteiger partial charge on any atom is 0.333 e. The van der Waals surface area contributed by atoms with Gasteiger partial charge < -0.3 is 14.8 Å². The van der Waals surface area contributed by atoms with Crippen molar-refractivity contribution in [1.82, 2.24) is 10.2 Å². The van der Waals surface area contributed by atoms with E-state index in [1.54, 1.807) is 6.92 Å². The summed E-state index contributed by atoms with van der Waals surface area (Å²) < 4.78 is 11.6. The summed E-state index contributed by atoms with van der Waals surface area (Å²) in [7, 11) is 0. The number of nitrogens with one attached hydrogen (secondary N) is 1. The van der Waals surface area contributed by atoms with Crippen molar-refractivity contribution in [3.8, 4) is 0 Å². The molecule has 0 saturated heterocycles. The Morgan fingerprint density at radius 2 is 1.86 bits per heavy atom. The van der Waals surface area contributed by atoms with E-state index in [9.17, 15) is 9.59 Å². The lowest BCUT2D eigenvalue weighted by Gasteiger charge is -2.43. The average molecular weight is 393 g/mol. The molecule has 1 rings (SSSR count). The molecule has 6 nitrogen and oxygen atoms in total. The zero-order valence-electron chi connectivity index (χ0n) is 17.8. The van der Waals surface area contributed by atoms with Crippen LogP contribution in [0.15, 0.2) is 37.0 Å². The van der Waals surface area contributed by atoms with Crippen LogP contribution in [0.25, 0.3) is 0 Å². The van der Waals surface area contributed by atoms with Gasteiger partial charge in [-0.15, -0.1) is 13.2 Å². The Morgan fingerprint density at radius 1 is 1.25 bits per heavy atom. The Labute approximate surface area is 169 Å². The molecule has 1 N–H and O–H groups in total. The summed E-state index contributed by atoms with van der Waals surface area (Å²) >= 11 is 0. The molecule has 0 aromatic heterocycles. The van der Waals surface area contributed by atoms with Crippen LogP contribution in [-0.4, -0.2) is 60.8 Å². The van der Waals surface area contributed by atoms with Crippen LogP contribution in [0.4, 0.5) is 0 Å². The van der Waals surface area contributed by atoms with E-state index in [0.29, 0.717) is 31.7 Å². The van der Waals surface area contributed by atoms with Gasteiger partial charge in [-0.3, -0.25) is 9.69 Å². The maximum absolute atomic E-state index is 12.5. The number of esters is 1. The molecule has 0 aliphatic heterocycles. The van der Waals surface area contributed by atoms with Crippen LogP contribution in [0.3, 0.4) is 0 Å². The molecule has 0 radical (unpaired) electrons. The molecule has 1 aliphatic rings. The molecule has 0 fully saturated rings. The van der Waals surface area contributed by atoms with E-state index < -0.39 is 6.10 Å². The lowest BCUT2D eigenvalue weighted by molar-refractivity contribution is -0.139. The highest BCUT2D eigenvalue weighted by atomic mass is 16.5. The van der Waals surface area contributed by atoms with E-state index in [1.807, 2.05) is 18.2 Å². The number of carbonyl (C=O) groups excluding carboxylic acids is 2. The second-order valence-electron chi connectivity index (χ2n) is 6.98. The average Bonchev–Trinajstić information content (AvgIpc) is 2.66. The first kappa shape index (κ1) is 24.1. The van der Waals surface area contributed by atoms with Crippen molar-refractivity contribution < 1.29 is 19.1 Å². The summed E-state index contributed by atoms with van der Waals surface area (Å²) in [5.41, 5.74) is 0.586. The number of amides is 1. The maximum atomic E-state index is 12.5. The minimum absolute atomic E-state index is 0.0481. The minimum atomic E-state index is -0.413. The Kier molecular flexibility index (Phi) is 10.8. The molecular weight excluding hydrogens is 356 g/mol. The van der Waals surface area contributed by atoms with Gasteiger partial charge >= 0.3 is 5.97 Å². The van der Waals surface area contributed by atoms with E-state index in [0.717, 1.165) is 12.8 Å². The first-order chi connectivity index (χ1) is 13.4. The zero-order chi connectivity index (χ0) is 21.1. The van der Waals surface area contributed by atoms with Crippen LogP contribution < -0.4 is 5.32 Å². The lowest BCUT2D eigenvalue weighted by atomic mass is 9.86. The van der Waals surface area contributed by atoms with E-state index in [-0.39, 0.29) is 30.1 Å². The predicted octanol–water partition coefficient (Wildman–Crippen LogP) is 3.00. The predicted molar refractivity (Wildman–Crippen MR) is 112 cm³/mol. The molecular formula is C22H36N2O4. The van der Waals surface area contributed by atoms with Gasteiger partial charge in [0.15, 0.2) is 0 Å². The fraction of sp³-hybridized carbons (Fsp3) is 0.636. The summed E-state index contributed by atoms with van der Waals surface area (Å²) in [4.78, 5) is 26.6. The number of carbonyl (C=O) groups is 2. The van der Waals surface area contributed by atoms with E-state index >= 15 is 0 Å². The van der Waals surface area contributed by atoms with Gasteiger partial charge in [0.2, 0.25) is 5.91 Å². The van der Waals surface area contributed by atoms with Crippen molar-refractivity contribution in [2.24, 2.45) is 0 Å². The standard InChI is InChI=1S/C22H36N2O4/c1-7-12-24(13-8-2)19-14-17(22(26)27-11-5)15-20(21(19)23-16(6)25)28-18(9-3)10-4/h7-8,15,18-21H,1-2,9-14H2,3-6H3,(H,23,25)/t19-,20+,21-/m0/s1. The largest absolute Gasteiger partial charge is 0.463 e. The van der Waals surface area contributed by atoms with Gasteiger partial charge in [0.1, 0.15) is 0 Å². The van der Waals surface area contributed by atoms with Gasteiger partial charge in [-0.25, -0.2) is 4.79 Å². The van der Waals surface area contributed by atoms with E-state index in [1.165, 1.54) is 6.92 Å². The van der Waals surface area contributed by atoms with Crippen LogP contribution >= 0.6 is 0 Å². The number of hydrogen-bond acceptors (Lipinski definition) is 5. The number of rotatable bonds is 12. The van der Waals surface area contributed by atoms with Gasteiger partial charge in [0, 0.05) is 31.6 Å². The highest BCUT2D eigenvalue weighted by Gasteiger charge is 2.40. The first-order valence-corrected chi connectivity index (χ1v) is 10.2. The van der Waals surface area contributed by atoms with Crippen molar-refractivity contribution in [1.29, 1.82) is 0 Å². The third kappa shape index (κ3) is 6.91. The van der Waals surface area contributed by atoms with Crippen molar-refractivity contribution in [2.75, 3.05) is 19.7 Å². The molecule has 158 valence electrons. The van der Waals surface area contributed by atoms with Crippen LogP contribution in [0.1, 0.15) is 47.0 Å². The fourth-order valence-corrected chi connectivity index (χ4v) is 3.59. The zero-order valence-corrected chi connectivity index (χ0v) is 17.8. The molecule has 0 bridgehead atoms. The van der Waals surface area contributed by atoms with Gasteiger partial charge in [0.25, 0.3) is 0 Å². The minimum Gasteiger partial charge on any atom is -0.463 e. The fourth-order valence-electron chi connectivity index (χ4n) is 3.59. The molecule has 1 amide bonds. The van der Waals surface area contributed by atoms with E-state index in [4.69, 9.17) is 9.47 Å². The van der Waals surface area contributed by atoms with Crippen LogP contribution in [0.5, 0.6) is 0 Å². The topological polar surface area (TPSA) is 67.9 Å². The molecule has 0 aromatic rings. The Morgan fingerprint density at radius 3 is 2.32 bits per heavy atom. The van der Waals surface area contributed by atoms with Gasteiger partial charge in [-0.1, -0.05) is 26.0 Å². The third-order valence-electron chi connectivity index (χ3n) is 4.93.